The lowest BCUT2D eigenvalue weighted by atomic mass is 10.0. The molecule has 2 N–H and O–H groups in total. The Morgan fingerprint density at radius 1 is 1.29 bits per heavy atom. The minimum atomic E-state index is -2.90. The van der Waals surface area contributed by atoms with E-state index in [1.165, 1.54) is 31.2 Å². The van der Waals surface area contributed by atoms with Gasteiger partial charge < -0.3 is 15.0 Å². The average molecular weight is 390 g/mol. The number of likely N-dealkylation sites (tertiary alicyclic amines) is 1. The van der Waals surface area contributed by atoms with Gasteiger partial charge in [0, 0.05) is 24.7 Å². The van der Waals surface area contributed by atoms with Crippen molar-refractivity contribution < 1.29 is 18.3 Å². The third-order valence-corrected chi connectivity index (χ3v) is 5.39. The van der Waals surface area contributed by atoms with Gasteiger partial charge in [0.2, 0.25) is 0 Å². The standard InChI is InChI=1S/C20H24F2N4O2/c21-20(22)28-16-3-1-2-14(10-16)18-17(12-24-25-18)19(27)26-8-6-15(7-9-26)23-11-13-4-5-13/h1-3,10,12-13,15,20,23H,4-9,11H2,(H,24,25). The zero-order valence-corrected chi connectivity index (χ0v) is 15.5. The van der Waals surface area contributed by atoms with Crippen molar-refractivity contribution in [3.8, 4) is 17.0 Å². The van der Waals surface area contributed by atoms with Crippen LogP contribution in [0.15, 0.2) is 30.5 Å². The van der Waals surface area contributed by atoms with Crippen molar-refractivity contribution in [3.05, 3.63) is 36.0 Å². The third-order valence-electron chi connectivity index (χ3n) is 5.39. The number of hydrogen-bond donors (Lipinski definition) is 2. The predicted molar refractivity (Wildman–Crippen MR) is 100 cm³/mol. The summed E-state index contributed by atoms with van der Waals surface area (Å²) >= 11 is 0. The maximum atomic E-state index is 13.0. The molecule has 1 saturated carbocycles. The second kappa shape index (κ2) is 8.26. The Balaban J connectivity index is 1.41. The molecule has 0 bridgehead atoms. The van der Waals surface area contributed by atoms with Crippen molar-refractivity contribution in [2.75, 3.05) is 19.6 Å². The van der Waals surface area contributed by atoms with Crippen LogP contribution in [-0.2, 0) is 0 Å². The molecule has 150 valence electrons. The number of carbonyl (C=O) groups is 1. The van der Waals surface area contributed by atoms with E-state index in [0.29, 0.717) is 36.0 Å². The van der Waals surface area contributed by atoms with Crippen LogP contribution in [0.2, 0.25) is 0 Å². The number of rotatable bonds is 7. The molecule has 28 heavy (non-hydrogen) atoms. The minimum Gasteiger partial charge on any atom is -0.435 e. The van der Waals surface area contributed by atoms with Crippen molar-refractivity contribution in [3.63, 3.8) is 0 Å². The highest BCUT2D eigenvalue weighted by molar-refractivity contribution is 5.99. The summed E-state index contributed by atoms with van der Waals surface area (Å²) in [6.45, 7) is -0.421. The number of amides is 1. The Bertz CT molecular complexity index is 814. The van der Waals surface area contributed by atoms with Crippen LogP contribution in [0.5, 0.6) is 5.75 Å². The number of aromatic amines is 1. The first kappa shape index (κ1) is 18.9. The van der Waals surface area contributed by atoms with E-state index < -0.39 is 6.61 Å². The number of ether oxygens (including phenoxy) is 1. The summed E-state index contributed by atoms with van der Waals surface area (Å²) in [5.41, 5.74) is 1.54. The van der Waals surface area contributed by atoms with E-state index >= 15 is 0 Å². The van der Waals surface area contributed by atoms with Crippen LogP contribution in [0.1, 0.15) is 36.0 Å². The van der Waals surface area contributed by atoms with Crippen LogP contribution >= 0.6 is 0 Å². The topological polar surface area (TPSA) is 70.2 Å². The van der Waals surface area contributed by atoms with Crippen molar-refractivity contribution in [1.82, 2.24) is 20.4 Å². The van der Waals surface area contributed by atoms with E-state index in [0.717, 1.165) is 25.3 Å². The molecule has 0 unspecified atom stereocenters. The molecule has 0 radical (unpaired) electrons. The van der Waals surface area contributed by atoms with E-state index in [9.17, 15) is 13.6 Å². The molecule has 1 aromatic heterocycles. The lowest BCUT2D eigenvalue weighted by Crippen LogP contribution is -2.45. The summed E-state index contributed by atoms with van der Waals surface area (Å²) in [5, 5.41) is 10.4. The highest BCUT2D eigenvalue weighted by Crippen LogP contribution is 2.29. The van der Waals surface area contributed by atoms with Gasteiger partial charge in [0.1, 0.15) is 5.75 Å². The molecular weight excluding hydrogens is 366 g/mol. The van der Waals surface area contributed by atoms with E-state index in [4.69, 9.17) is 0 Å². The largest absolute Gasteiger partial charge is 0.435 e. The fourth-order valence-corrected chi connectivity index (χ4v) is 3.61. The number of halogens is 2. The van der Waals surface area contributed by atoms with Crippen molar-refractivity contribution in [1.29, 1.82) is 0 Å². The molecule has 1 aromatic carbocycles. The first-order chi connectivity index (χ1) is 13.6. The summed E-state index contributed by atoms with van der Waals surface area (Å²) < 4.78 is 29.4. The Hall–Kier alpha value is -2.48. The Labute approximate surface area is 162 Å². The molecule has 2 aromatic rings. The molecule has 0 atom stereocenters. The SMILES string of the molecule is O=C(c1cn[nH]c1-c1cccc(OC(F)F)c1)N1CCC(NCC2CC2)CC1. The van der Waals surface area contributed by atoms with Crippen LogP contribution in [0.25, 0.3) is 11.3 Å². The Morgan fingerprint density at radius 3 is 2.79 bits per heavy atom. The number of H-pyrrole nitrogens is 1. The number of hydrogen-bond acceptors (Lipinski definition) is 4. The summed E-state index contributed by atoms with van der Waals surface area (Å²) in [5.74, 6) is 0.797. The van der Waals surface area contributed by atoms with E-state index in [1.54, 1.807) is 12.1 Å². The number of benzene rings is 1. The second-order valence-electron chi connectivity index (χ2n) is 7.48. The van der Waals surface area contributed by atoms with Gasteiger partial charge in [-0.1, -0.05) is 12.1 Å². The van der Waals surface area contributed by atoms with Crippen molar-refractivity contribution >= 4 is 5.91 Å². The molecule has 1 aliphatic heterocycles. The van der Waals surface area contributed by atoms with Crippen LogP contribution in [0.4, 0.5) is 8.78 Å². The minimum absolute atomic E-state index is 0.0445. The highest BCUT2D eigenvalue weighted by Gasteiger charge is 2.28. The highest BCUT2D eigenvalue weighted by atomic mass is 19.3. The molecule has 4 rings (SSSR count). The summed E-state index contributed by atoms with van der Waals surface area (Å²) in [4.78, 5) is 14.8. The van der Waals surface area contributed by atoms with Gasteiger partial charge in [-0.3, -0.25) is 9.89 Å². The normalized spacial score (nSPS) is 17.9. The number of carbonyl (C=O) groups excluding carboxylic acids is 1. The van der Waals surface area contributed by atoms with Crippen molar-refractivity contribution in [2.45, 2.75) is 38.3 Å². The van der Waals surface area contributed by atoms with Gasteiger partial charge in [-0.2, -0.15) is 13.9 Å². The van der Waals surface area contributed by atoms with E-state index in [2.05, 4.69) is 20.3 Å². The average Bonchev–Trinajstić information content (AvgIpc) is 3.39. The molecule has 2 fully saturated rings. The van der Waals surface area contributed by atoms with E-state index in [-0.39, 0.29) is 11.7 Å². The fraction of sp³-hybridized carbons (Fsp3) is 0.500. The quantitative estimate of drug-likeness (QED) is 0.761. The predicted octanol–water partition coefficient (Wildman–Crippen LogP) is 3.28. The van der Waals surface area contributed by atoms with Crippen LogP contribution in [0, 0.1) is 5.92 Å². The molecule has 0 spiro atoms. The molecule has 6 nitrogen and oxygen atoms in total. The van der Waals surface area contributed by atoms with Crippen molar-refractivity contribution in [2.24, 2.45) is 5.92 Å². The molecular formula is C20H24F2N4O2. The lowest BCUT2D eigenvalue weighted by molar-refractivity contribution is -0.0498. The van der Waals surface area contributed by atoms with Gasteiger partial charge >= 0.3 is 6.61 Å². The van der Waals surface area contributed by atoms with Gasteiger partial charge in [-0.25, -0.2) is 0 Å². The monoisotopic (exact) mass is 390 g/mol. The molecule has 1 amide bonds. The zero-order chi connectivity index (χ0) is 19.5. The van der Waals surface area contributed by atoms with Gasteiger partial charge in [0.25, 0.3) is 5.91 Å². The summed E-state index contributed by atoms with van der Waals surface area (Å²) in [6, 6.07) is 6.74. The number of piperidine rings is 1. The molecule has 1 aliphatic carbocycles. The molecule has 2 heterocycles. The fourth-order valence-electron chi connectivity index (χ4n) is 3.61. The second-order valence-corrected chi connectivity index (χ2v) is 7.48. The van der Waals surface area contributed by atoms with Crippen LogP contribution in [0.3, 0.4) is 0 Å². The molecule has 8 heteroatoms. The van der Waals surface area contributed by atoms with Gasteiger partial charge in [-0.15, -0.1) is 0 Å². The van der Waals surface area contributed by atoms with Gasteiger partial charge in [0.05, 0.1) is 17.5 Å². The van der Waals surface area contributed by atoms with Gasteiger partial charge in [0.15, 0.2) is 0 Å². The third kappa shape index (κ3) is 4.49. The number of aromatic nitrogens is 2. The summed E-state index contributed by atoms with van der Waals surface area (Å²) in [7, 11) is 0. The van der Waals surface area contributed by atoms with Crippen LogP contribution < -0.4 is 10.1 Å². The number of nitrogens with zero attached hydrogens (tertiary/aromatic N) is 2. The first-order valence-electron chi connectivity index (χ1n) is 9.71. The molecule has 2 aliphatic rings. The Kier molecular flexibility index (Phi) is 5.57. The summed E-state index contributed by atoms with van der Waals surface area (Å²) in [6.07, 6.45) is 6.02. The maximum Gasteiger partial charge on any atom is 0.387 e. The van der Waals surface area contributed by atoms with Gasteiger partial charge in [-0.05, 0) is 50.3 Å². The smallest absolute Gasteiger partial charge is 0.387 e. The molecule has 1 saturated heterocycles. The Morgan fingerprint density at radius 2 is 2.07 bits per heavy atom. The van der Waals surface area contributed by atoms with E-state index in [1.807, 2.05) is 4.90 Å². The lowest BCUT2D eigenvalue weighted by Gasteiger charge is -2.32. The first-order valence-corrected chi connectivity index (χ1v) is 9.71. The zero-order valence-electron chi connectivity index (χ0n) is 15.5. The van der Waals surface area contributed by atoms with Crippen LogP contribution in [-0.4, -0.2) is 53.3 Å². The maximum absolute atomic E-state index is 13.0. The number of nitrogens with one attached hydrogen (secondary N) is 2. The number of alkyl halides is 2.